The highest BCUT2D eigenvalue weighted by Crippen LogP contribution is 2.39. The normalized spacial score (nSPS) is 17.1. The van der Waals surface area contributed by atoms with Crippen LogP contribution >= 0.6 is 11.8 Å². The molecule has 23 heavy (non-hydrogen) atoms. The standard InChI is InChI=1S/C17H17FN2O2S/c1-22-13-6-4-5-12(11-13)19-17(21)20-9-10-23-16(20)14-7-2-3-8-15(14)18/h2-8,11,16H,9-10H2,1H3,(H,19,21). The van der Waals surface area contributed by atoms with Crippen LogP contribution in [0.25, 0.3) is 0 Å². The van der Waals surface area contributed by atoms with Crippen molar-refractivity contribution in [3.8, 4) is 5.75 Å². The van der Waals surface area contributed by atoms with E-state index >= 15 is 0 Å². The highest BCUT2D eigenvalue weighted by atomic mass is 32.2. The molecule has 0 spiro atoms. The summed E-state index contributed by atoms with van der Waals surface area (Å²) in [4.78, 5) is 14.2. The largest absolute Gasteiger partial charge is 0.497 e. The molecule has 1 aliphatic rings. The number of hydrogen-bond acceptors (Lipinski definition) is 3. The van der Waals surface area contributed by atoms with Crippen molar-refractivity contribution in [2.75, 3.05) is 24.7 Å². The maximum Gasteiger partial charge on any atom is 0.323 e. The van der Waals surface area contributed by atoms with Gasteiger partial charge in [-0.1, -0.05) is 24.3 Å². The molecule has 0 bridgehead atoms. The van der Waals surface area contributed by atoms with E-state index in [1.165, 1.54) is 6.07 Å². The number of carbonyl (C=O) groups excluding carboxylic acids is 1. The SMILES string of the molecule is COc1cccc(NC(=O)N2CCSC2c2ccccc2F)c1. The molecule has 2 amide bonds. The van der Waals surface area contributed by atoms with E-state index in [0.29, 0.717) is 23.5 Å². The van der Waals surface area contributed by atoms with Gasteiger partial charge in [-0.25, -0.2) is 9.18 Å². The van der Waals surface area contributed by atoms with E-state index < -0.39 is 0 Å². The fraction of sp³-hybridized carbons (Fsp3) is 0.235. The number of benzene rings is 2. The van der Waals surface area contributed by atoms with E-state index in [9.17, 15) is 9.18 Å². The molecule has 120 valence electrons. The van der Waals surface area contributed by atoms with Crippen molar-refractivity contribution < 1.29 is 13.9 Å². The minimum Gasteiger partial charge on any atom is -0.497 e. The molecule has 1 saturated heterocycles. The number of amides is 2. The van der Waals surface area contributed by atoms with Crippen molar-refractivity contribution >= 4 is 23.5 Å². The number of nitrogens with one attached hydrogen (secondary N) is 1. The van der Waals surface area contributed by atoms with E-state index in [2.05, 4.69) is 5.32 Å². The monoisotopic (exact) mass is 332 g/mol. The average Bonchev–Trinajstić information content (AvgIpc) is 3.05. The van der Waals surface area contributed by atoms with Crippen LogP contribution in [0.15, 0.2) is 48.5 Å². The fourth-order valence-corrected chi connectivity index (χ4v) is 3.78. The van der Waals surface area contributed by atoms with Crippen molar-refractivity contribution in [1.29, 1.82) is 0 Å². The van der Waals surface area contributed by atoms with E-state index in [1.807, 2.05) is 12.1 Å². The summed E-state index contributed by atoms with van der Waals surface area (Å²) < 4.78 is 19.2. The van der Waals surface area contributed by atoms with Crippen molar-refractivity contribution in [3.63, 3.8) is 0 Å². The predicted octanol–water partition coefficient (Wildman–Crippen LogP) is 4.11. The van der Waals surface area contributed by atoms with Crippen LogP contribution in [0.1, 0.15) is 10.9 Å². The Morgan fingerprint density at radius 1 is 1.30 bits per heavy atom. The van der Waals surface area contributed by atoms with Gasteiger partial charge in [-0.15, -0.1) is 11.8 Å². The molecule has 0 radical (unpaired) electrons. The minimum atomic E-state index is -0.304. The molecular formula is C17H17FN2O2S. The Hall–Kier alpha value is -2.21. The molecule has 2 aromatic carbocycles. The van der Waals surface area contributed by atoms with Gasteiger partial charge >= 0.3 is 6.03 Å². The lowest BCUT2D eigenvalue weighted by atomic mass is 10.2. The third-order valence-corrected chi connectivity index (χ3v) is 4.89. The fourth-order valence-electron chi connectivity index (χ4n) is 2.51. The molecule has 0 aromatic heterocycles. The molecular weight excluding hydrogens is 315 g/mol. The summed E-state index contributed by atoms with van der Waals surface area (Å²) in [7, 11) is 1.58. The lowest BCUT2D eigenvalue weighted by Crippen LogP contribution is -2.34. The van der Waals surface area contributed by atoms with Crippen molar-refractivity contribution in [1.82, 2.24) is 4.90 Å². The Labute approximate surface area is 138 Å². The Bertz CT molecular complexity index is 710. The van der Waals surface area contributed by atoms with E-state index in [4.69, 9.17) is 4.74 Å². The lowest BCUT2D eigenvalue weighted by molar-refractivity contribution is 0.213. The zero-order valence-electron chi connectivity index (χ0n) is 12.7. The number of halogens is 1. The summed E-state index contributed by atoms with van der Waals surface area (Å²) in [6.45, 7) is 0.583. The Balaban J connectivity index is 1.77. The van der Waals surface area contributed by atoms with Crippen LogP contribution in [0.2, 0.25) is 0 Å². The third-order valence-electron chi connectivity index (χ3n) is 3.64. The number of urea groups is 1. The average molecular weight is 332 g/mol. The van der Waals surface area contributed by atoms with Gasteiger partial charge in [0.15, 0.2) is 0 Å². The summed E-state index contributed by atoms with van der Waals surface area (Å²) in [5, 5.41) is 2.55. The zero-order chi connectivity index (χ0) is 16.2. The summed E-state index contributed by atoms with van der Waals surface area (Å²) in [6, 6.07) is 13.5. The summed E-state index contributed by atoms with van der Waals surface area (Å²) in [5.41, 5.74) is 1.19. The van der Waals surface area contributed by atoms with Gasteiger partial charge in [-0.2, -0.15) is 0 Å². The van der Waals surface area contributed by atoms with Crippen LogP contribution in [-0.2, 0) is 0 Å². The van der Waals surface area contributed by atoms with Crippen molar-refractivity contribution in [3.05, 3.63) is 59.9 Å². The molecule has 4 nitrogen and oxygen atoms in total. The number of methoxy groups -OCH3 is 1. The van der Waals surface area contributed by atoms with Gasteiger partial charge in [-0.05, 0) is 18.2 Å². The highest BCUT2D eigenvalue weighted by Gasteiger charge is 2.32. The van der Waals surface area contributed by atoms with Crippen molar-refractivity contribution in [2.45, 2.75) is 5.37 Å². The van der Waals surface area contributed by atoms with Crippen LogP contribution in [0, 0.1) is 5.82 Å². The second-order valence-electron chi connectivity index (χ2n) is 5.10. The second-order valence-corrected chi connectivity index (χ2v) is 6.29. The van der Waals surface area contributed by atoms with E-state index in [1.54, 1.807) is 54.1 Å². The molecule has 3 rings (SSSR count). The number of thioether (sulfide) groups is 1. The zero-order valence-corrected chi connectivity index (χ0v) is 13.5. The van der Waals surface area contributed by atoms with Crippen molar-refractivity contribution in [2.24, 2.45) is 0 Å². The van der Waals surface area contributed by atoms with Crippen LogP contribution in [0.3, 0.4) is 0 Å². The van der Waals surface area contributed by atoms with Crippen LogP contribution < -0.4 is 10.1 Å². The molecule has 6 heteroatoms. The van der Waals surface area contributed by atoms with Crippen LogP contribution in [-0.4, -0.2) is 30.3 Å². The smallest absolute Gasteiger partial charge is 0.323 e. The number of nitrogens with zero attached hydrogens (tertiary/aromatic N) is 1. The number of carbonyl (C=O) groups is 1. The molecule has 0 aliphatic carbocycles. The first-order valence-corrected chi connectivity index (χ1v) is 8.31. The third kappa shape index (κ3) is 3.42. The van der Waals surface area contributed by atoms with Gasteiger partial charge in [0.2, 0.25) is 0 Å². The van der Waals surface area contributed by atoms with Crippen LogP contribution in [0.4, 0.5) is 14.9 Å². The molecule has 1 heterocycles. The van der Waals surface area contributed by atoms with E-state index in [-0.39, 0.29) is 17.2 Å². The molecule has 0 saturated carbocycles. The van der Waals surface area contributed by atoms with Gasteiger partial charge in [0.25, 0.3) is 0 Å². The maximum atomic E-state index is 14.0. The Morgan fingerprint density at radius 2 is 2.13 bits per heavy atom. The molecule has 1 fully saturated rings. The minimum absolute atomic E-state index is 0.239. The first-order valence-electron chi connectivity index (χ1n) is 7.27. The van der Waals surface area contributed by atoms with Gasteiger partial charge in [0, 0.05) is 29.6 Å². The quantitative estimate of drug-likeness (QED) is 0.919. The Morgan fingerprint density at radius 3 is 2.91 bits per heavy atom. The first kappa shape index (κ1) is 15.7. The van der Waals surface area contributed by atoms with E-state index in [0.717, 1.165) is 5.75 Å². The van der Waals surface area contributed by atoms with Gasteiger partial charge in [-0.3, -0.25) is 0 Å². The highest BCUT2D eigenvalue weighted by molar-refractivity contribution is 7.99. The van der Waals surface area contributed by atoms with Gasteiger partial charge < -0.3 is 15.0 Å². The molecule has 1 N–H and O–H groups in total. The van der Waals surface area contributed by atoms with Gasteiger partial charge in [0.05, 0.1) is 7.11 Å². The lowest BCUT2D eigenvalue weighted by Gasteiger charge is -2.24. The molecule has 1 aliphatic heterocycles. The molecule has 1 unspecified atom stereocenters. The maximum absolute atomic E-state index is 14.0. The topological polar surface area (TPSA) is 41.6 Å². The summed E-state index contributed by atoms with van der Waals surface area (Å²) in [6.07, 6.45) is 0. The van der Waals surface area contributed by atoms with Gasteiger partial charge in [0.1, 0.15) is 16.9 Å². The second kappa shape index (κ2) is 6.91. The first-order chi connectivity index (χ1) is 11.2. The van der Waals surface area contributed by atoms with Crippen LogP contribution in [0.5, 0.6) is 5.75 Å². The summed E-state index contributed by atoms with van der Waals surface area (Å²) in [5.74, 6) is 1.17. The number of ether oxygens (including phenoxy) is 1. The Kier molecular flexibility index (Phi) is 4.71. The predicted molar refractivity (Wildman–Crippen MR) is 90.3 cm³/mol. The summed E-state index contributed by atoms with van der Waals surface area (Å²) >= 11 is 1.56. The number of anilines is 1. The number of rotatable bonds is 3. The number of hydrogen-bond donors (Lipinski definition) is 1. The molecule has 2 aromatic rings. The molecule has 1 atom stereocenters.